The lowest BCUT2D eigenvalue weighted by Gasteiger charge is -2.15. The van der Waals surface area contributed by atoms with Crippen molar-refractivity contribution in [2.45, 2.75) is 45.8 Å². The Kier molecular flexibility index (Phi) is 5.17. The maximum Gasteiger partial charge on any atom is 0.218 e. The van der Waals surface area contributed by atoms with Crippen molar-refractivity contribution in [1.82, 2.24) is 29.5 Å². The second kappa shape index (κ2) is 8.50. The predicted octanol–water partition coefficient (Wildman–Crippen LogP) is 4.34. The number of nitrogens with one attached hydrogen (secondary N) is 1. The van der Waals surface area contributed by atoms with Crippen molar-refractivity contribution < 1.29 is 4.74 Å². The van der Waals surface area contributed by atoms with Crippen molar-refractivity contribution in [3.63, 3.8) is 0 Å². The molecule has 1 aliphatic rings. The summed E-state index contributed by atoms with van der Waals surface area (Å²) in [5.41, 5.74) is 12.3. The molecule has 9 nitrogen and oxygen atoms in total. The first-order valence-corrected chi connectivity index (χ1v) is 11.7. The van der Waals surface area contributed by atoms with Gasteiger partial charge < -0.3 is 15.8 Å². The zero-order chi connectivity index (χ0) is 23.9. The van der Waals surface area contributed by atoms with Gasteiger partial charge in [0.2, 0.25) is 5.88 Å². The summed E-state index contributed by atoms with van der Waals surface area (Å²) in [6, 6.07) is 9.97. The van der Waals surface area contributed by atoms with E-state index in [4.69, 9.17) is 10.5 Å². The van der Waals surface area contributed by atoms with Crippen molar-refractivity contribution in [2.24, 2.45) is 0 Å². The molecule has 1 saturated carbocycles. The molecule has 4 heterocycles. The summed E-state index contributed by atoms with van der Waals surface area (Å²) in [6.07, 6.45) is 7.60. The van der Waals surface area contributed by atoms with Crippen molar-refractivity contribution in [3.8, 4) is 5.88 Å². The van der Waals surface area contributed by atoms with Gasteiger partial charge >= 0.3 is 0 Å². The van der Waals surface area contributed by atoms with E-state index in [-0.39, 0.29) is 0 Å². The maximum atomic E-state index is 6.07. The molecule has 35 heavy (non-hydrogen) atoms. The van der Waals surface area contributed by atoms with Crippen LogP contribution in [0, 0.1) is 13.8 Å². The Morgan fingerprint density at radius 2 is 1.97 bits per heavy atom. The number of nitrogens with two attached hydrogens (primary N) is 1. The second-order valence-corrected chi connectivity index (χ2v) is 9.04. The molecule has 4 aromatic heterocycles. The maximum absolute atomic E-state index is 6.07. The normalized spacial score (nSPS) is 13.4. The summed E-state index contributed by atoms with van der Waals surface area (Å²) >= 11 is 0. The summed E-state index contributed by atoms with van der Waals surface area (Å²) in [5, 5.41) is 10.2. The molecule has 0 radical (unpaired) electrons. The van der Waals surface area contributed by atoms with Gasteiger partial charge in [0.05, 0.1) is 17.6 Å². The largest absolute Gasteiger partial charge is 0.471 e. The zero-order valence-electron chi connectivity index (χ0n) is 19.7. The van der Waals surface area contributed by atoms with E-state index in [1.54, 1.807) is 12.3 Å². The van der Waals surface area contributed by atoms with Crippen LogP contribution in [-0.2, 0) is 13.2 Å². The SMILES string of the molecule is Cc1cc2c(N)nccc2c(C)c1CNc1cc(OCc2cn3nc(C4CC4)ccc3n2)ncn1. The average molecular weight is 467 g/mol. The molecule has 5 aromatic rings. The first-order chi connectivity index (χ1) is 17.0. The van der Waals surface area contributed by atoms with Gasteiger partial charge in [0.25, 0.3) is 0 Å². The third-order valence-electron chi connectivity index (χ3n) is 6.56. The molecular weight excluding hydrogens is 440 g/mol. The number of imidazole rings is 1. The molecule has 1 aromatic carbocycles. The van der Waals surface area contributed by atoms with Crippen LogP contribution >= 0.6 is 0 Å². The van der Waals surface area contributed by atoms with E-state index < -0.39 is 0 Å². The Hall–Kier alpha value is -4.27. The predicted molar refractivity (Wildman–Crippen MR) is 134 cm³/mol. The number of fused-ring (bicyclic) bond motifs is 2. The van der Waals surface area contributed by atoms with Gasteiger partial charge in [-0.2, -0.15) is 5.10 Å². The number of pyridine rings is 1. The van der Waals surface area contributed by atoms with Gasteiger partial charge in [0.15, 0.2) is 5.65 Å². The van der Waals surface area contributed by atoms with Crippen LogP contribution < -0.4 is 15.8 Å². The quantitative estimate of drug-likeness (QED) is 0.364. The highest BCUT2D eigenvalue weighted by atomic mass is 16.5. The number of aromatic nitrogens is 6. The number of hydrogen-bond donors (Lipinski definition) is 2. The van der Waals surface area contributed by atoms with Crippen LogP contribution in [-0.4, -0.2) is 29.5 Å². The third-order valence-corrected chi connectivity index (χ3v) is 6.56. The van der Waals surface area contributed by atoms with E-state index in [0.29, 0.717) is 36.6 Å². The Morgan fingerprint density at radius 1 is 1.09 bits per heavy atom. The fourth-order valence-corrected chi connectivity index (χ4v) is 4.46. The zero-order valence-corrected chi connectivity index (χ0v) is 19.7. The number of rotatable bonds is 7. The molecule has 6 rings (SSSR count). The standard InChI is InChI=1S/C26H26N8O/c1-15-9-20-19(7-8-28-26(20)27)16(2)21(15)11-29-23-10-25(31-14-30-23)35-13-18-12-34-24(32-18)6-5-22(33-34)17-3-4-17/h5-10,12,14,17H,3-4,11,13H2,1-2H3,(H2,27,28)(H,29,30,31). The highest BCUT2D eigenvalue weighted by Crippen LogP contribution is 2.38. The molecule has 9 heteroatoms. The monoisotopic (exact) mass is 466 g/mol. The third kappa shape index (κ3) is 4.21. The van der Waals surface area contributed by atoms with Gasteiger partial charge in [0.1, 0.15) is 24.6 Å². The number of anilines is 2. The molecule has 0 unspecified atom stereocenters. The van der Waals surface area contributed by atoms with Crippen LogP contribution in [0.5, 0.6) is 5.88 Å². The molecule has 0 atom stereocenters. The highest BCUT2D eigenvalue weighted by Gasteiger charge is 2.25. The topological polar surface area (TPSA) is 116 Å². The van der Waals surface area contributed by atoms with Gasteiger partial charge in [-0.15, -0.1) is 0 Å². The summed E-state index contributed by atoms with van der Waals surface area (Å²) in [5.74, 6) is 2.33. The van der Waals surface area contributed by atoms with E-state index in [1.165, 1.54) is 30.3 Å². The van der Waals surface area contributed by atoms with E-state index in [9.17, 15) is 0 Å². The Bertz CT molecular complexity index is 1560. The van der Waals surface area contributed by atoms with Crippen LogP contribution in [0.25, 0.3) is 16.4 Å². The summed E-state index contributed by atoms with van der Waals surface area (Å²) in [4.78, 5) is 17.4. The first-order valence-electron chi connectivity index (χ1n) is 11.7. The lowest BCUT2D eigenvalue weighted by molar-refractivity contribution is 0.289. The Morgan fingerprint density at radius 3 is 2.83 bits per heavy atom. The van der Waals surface area contributed by atoms with Crippen molar-refractivity contribution >= 4 is 28.1 Å². The molecule has 1 fully saturated rings. The number of aryl methyl sites for hydroxylation is 2. The molecule has 3 N–H and O–H groups in total. The molecule has 0 aliphatic heterocycles. The molecule has 1 aliphatic carbocycles. The number of nitrogens with zero attached hydrogens (tertiary/aromatic N) is 6. The Balaban J connectivity index is 1.15. The van der Waals surface area contributed by atoms with Crippen LogP contribution in [0.2, 0.25) is 0 Å². The molecule has 0 amide bonds. The van der Waals surface area contributed by atoms with E-state index in [0.717, 1.165) is 33.4 Å². The summed E-state index contributed by atoms with van der Waals surface area (Å²) in [7, 11) is 0. The fraction of sp³-hybridized carbons (Fsp3) is 0.269. The van der Waals surface area contributed by atoms with Crippen LogP contribution in [0.4, 0.5) is 11.6 Å². The van der Waals surface area contributed by atoms with Gasteiger partial charge in [-0.25, -0.2) is 24.5 Å². The number of hydrogen-bond acceptors (Lipinski definition) is 8. The van der Waals surface area contributed by atoms with Crippen LogP contribution in [0.3, 0.4) is 0 Å². The number of benzene rings is 1. The van der Waals surface area contributed by atoms with Crippen molar-refractivity contribution in [1.29, 1.82) is 0 Å². The van der Waals surface area contributed by atoms with Crippen LogP contribution in [0.1, 0.15) is 46.8 Å². The minimum Gasteiger partial charge on any atom is -0.471 e. The minimum absolute atomic E-state index is 0.303. The molecule has 0 bridgehead atoms. The lowest BCUT2D eigenvalue weighted by Crippen LogP contribution is -2.07. The molecule has 176 valence electrons. The van der Waals surface area contributed by atoms with Crippen LogP contribution in [0.15, 0.2) is 49.1 Å². The lowest BCUT2D eigenvalue weighted by atomic mass is 9.96. The summed E-state index contributed by atoms with van der Waals surface area (Å²) in [6.45, 7) is 5.12. The van der Waals surface area contributed by atoms with E-state index in [1.807, 2.05) is 22.8 Å². The Labute approximate surface area is 202 Å². The summed E-state index contributed by atoms with van der Waals surface area (Å²) < 4.78 is 7.74. The van der Waals surface area contributed by atoms with Gasteiger partial charge in [0, 0.05) is 30.1 Å². The van der Waals surface area contributed by atoms with E-state index in [2.05, 4.69) is 56.3 Å². The minimum atomic E-state index is 0.303. The second-order valence-electron chi connectivity index (χ2n) is 9.04. The number of nitrogen functional groups attached to an aromatic ring is 1. The van der Waals surface area contributed by atoms with E-state index >= 15 is 0 Å². The van der Waals surface area contributed by atoms with Gasteiger partial charge in [-0.1, -0.05) is 0 Å². The van der Waals surface area contributed by atoms with Gasteiger partial charge in [-0.05, 0) is 73.0 Å². The number of ether oxygens (including phenoxy) is 1. The highest BCUT2D eigenvalue weighted by molar-refractivity contribution is 5.94. The molecular formula is C26H26N8O. The smallest absolute Gasteiger partial charge is 0.218 e. The van der Waals surface area contributed by atoms with Crippen molar-refractivity contribution in [3.05, 3.63) is 77.1 Å². The molecule has 0 saturated heterocycles. The first kappa shape index (κ1) is 21.3. The molecule has 0 spiro atoms. The average Bonchev–Trinajstić information content (AvgIpc) is 3.63. The fourth-order valence-electron chi connectivity index (χ4n) is 4.46. The van der Waals surface area contributed by atoms with Crippen molar-refractivity contribution in [2.75, 3.05) is 11.1 Å². The van der Waals surface area contributed by atoms with Gasteiger partial charge in [-0.3, -0.25) is 0 Å².